The number of aryl methyl sites for hydroxylation is 1. The zero-order valence-corrected chi connectivity index (χ0v) is 16.2. The van der Waals surface area contributed by atoms with Crippen LogP contribution in [0.4, 0.5) is 5.69 Å². The van der Waals surface area contributed by atoms with Crippen molar-refractivity contribution >= 4 is 39.2 Å². The van der Waals surface area contributed by atoms with Gasteiger partial charge in [0.15, 0.2) is 4.80 Å². The lowest BCUT2D eigenvalue weighted by atomic mass is 10.2. The molecule has 9 heteroatoms. The second-order valence-electron chi connectivity index (χ2n) is 5.73. The van der Waals surface area contributed by atoms with E-state index >= 15 is 0 Å². The normalized spacial score (nSPS) is 11.9. The molecule has 28 heavy (non-hydrogen) atoms. The predicted molar refractivity (Wildman–Crippen MR) is 107 cm³/mol. The van der Waals surface area contributed by atoms with Gasteiger partial charge in [-0.15, -0.1) is 0 Å². The molecule has 1 heterocycles. The van der Waals surface area contributed by atoms with E-state index in [1.54, 1.807) is 50.1 Å². The Kier molecular flexibility index (Phi) is 5.55. The molecule has 0 radical (unpaired) electrons. The van der Waals surface area contributed by atoms with E-state index in [0.717, 1.165) is 10.2 Å². The molecule has 0 saturated heterocycles. The Morgan fingerprint density at radius 1 is 1.21 bits per heavy atom. The molecule has 1 amide bonds. The van der Waals surface area contributed by atoms with E-state index in [1.807, 2.05) is 0 Å². The van der Waals surface area contributed by atoms with Crippen molar-refractivity contribution in [3.63, 3.8) is 0 Å². The summed E-state index contributed by atoms with van der Waals surface area (Å²) in [6.07, 6.45) is 2.77. The molecule has 0 aliphatic heterocycles. The largest absolute Gasteiger partial charge is 0.495 e. The molecule has 0 atom stereocenters. The Bertz CT molecular complexity index is 1160. The molecule has 0 aliphatic carbocycles. The van der Waals surface area contributed by atoms with Crippen LogP contribution in [-0.2, 0) is 11.8 Å². The van der Waals surface area contributed by atoms with Gasteiger partial charge in [0.05, 0.1) is 19.1 Å². The van der Waals surface area contributed by atoms with Crippen molar-refractivity contribution in [2.24, 2.45) is 12.0 Å². The van der Waals surface area contributed by atoms with Crippen LogP contribution in [0.15, 0.2) is 47.5 Å². The highest BCUT2D eigenvalue weighted by atomic mass is 32.1. The molecule has 144 valence electrons. The van der Waals surface area contributed by atoms with Crippen molar-refractivity contribution in [3.8, 4) is 11.5 Å². The fourth-order valence-electron chi connectivity index (χ4n) is 2.67. The number of benzene rings is 2. The number of nitrogens with zero attached hydrogens (tertiary/aromatic N) is 3. The number of non-ortho nitro benzene ring substituents is 1. The predicted octanol–water partition coefficient (Wildman–Crippen LogP) is 3.31. The minimum absolute atomic E-state index is 0.0402. The lowest BCUT2D eigenvalue weighted by Gasteiger charge is -2.06. The first-order valence-electron chi connectivity index (χ1n) is 8.16. The summed E-state index contributed by atoms with van der Waals surface area (Å²) in [6.45, 7) is 0. The van der Waals surface area contributed by atoms with Crippen LogP contribution in [0.1, 0.15) is 5.56 Å². The molecule has 8 nitrogen and oxygen atoms in total. The molecule has 0 aliphatic rings. The quantitative estimate of drug-likeness (QED) is 0.373. The molecule has 0 spiro atoms. The van der Waals surface area contributed by atoms with E-state index in [2.05, 4.69) is 4.99 Å². The zero-order chi connectivity index (χ0) is 20.3. The minimum Gasteiger partial charge on any atom is -0.495 e. The van der Waals surface area contributed by atoms with Gasteiger partial charge in [0, 0.05) is 25.3 Å². The van der Waals surface area contributed by atoms with E-state index in [0.29, 0.717) is 21.9 Å². The highest BCUT2D eigenvalue weighted by Crippen LogP contribution is 2.34. The van der Waals surface area contributed by atoms with Crippen molar-refractivity contribution in [2.75, 3.05) is 14.2 Å². The average molecular weight is 399 g/mol. The van der Waals surface area contributed by atoms with Gasteiger partial charge in [0.25, 0.3) is 11.6 Å². The molecule has 0 saturated carbocycles. The fourth-order valence-corrected chi connectivity index (χ4v) is 3.80. The number of amides is 1. The van der Waals surface area contributed by atoms with Gasteiger partial charge < -0.3 is 14.0 Å². The number of thiazole rings is 1. The van der Waals surface area contributed by atoms with Crippen molar-refractivity contribution in [3.05, 3.63) is 63.0 Å². The summed E-state index contributed by atoms with van der Waals surface area (Å²) >= 11 is 1.31. The summed E-state index contributed by atoms with van der Waals surface area (Å²) in [5.74, 6) is 0.833. The maximum Gasteiger partial charge on any atom is 0.272 e. The lowest BCUT2D eigenvalue weighted by molar-refractivity contribution is -0.384. The maximum atomic E-state index is 12.3. The zero-order valence-electron chi connectivity index (χ0n) is 15.4. The topological polar surface area (TPSA) is 96.0 Å². The summed E-state index contributed by atoms with van der Waals surface area (Å²) in [5, 5.41) is 10.8. The molecular weight excluding hydrogens is 382 g/mol. The number of carbonyl (C=O) groups is 1. The molecule has 2 aromatic carbocycles. The Morgan fingerprint density at radius 3 is 2.61 bits per heavy atom. The van der Waals surface area contributed by atoms with E-state index in [-0.39, 0.29) is 5.69 Å². The van der Waals surface area contributed by atoms with E-state index in [4.69, 9.17) is 9.47 Å². The summed E-state index contributed by atoms with van der Waals surface area (Å²) in [6, 6.07) is 9.60. The second-order valence-corrected chi connectivity index (χ2v) is 6.70. The highest BCUT2D eigenvalue weighted by molar-refractivity contribution is 7.16. The first-order chi connectivity index (χ1) is 13.4. The number of nitro benzene ring substituents is 1. The van der Waals surface area contributed by atoms with Crippen LogP contribution in [0, 0.1) is 10.1 Å². The maximum absolute atomic E-state index is 12.3. The van der Waals surface area contributed by atoms with Crippen molar-refractivity contribution in [1.29, 1.82) is 0 Å². The van der Waals surface area contributed by atoms with Gasteiger partial charge in [-0.05, 0) is 23.8 Å². The first-order valence-corrected chi connectivity index (χ1v) is 8.98. The molecule has 0 N–H and O–H groups in total. The van der Waals surface area contributed by atoms with E-state index < -0.39 is 10.8 Å². The van der Waals surface area contributed by atoms with Crippen LogP contribution in [0.25, 0.3) is 16.3 Å². The molecule has 0 unspecified atom stereocenters. The standard InChI is InChI=1S/C19H17N3O5S/c1-21-17-14(26-2)8-9-15(27-3)18(17)28-19(21)20-16(23)10-7-12-5-4-6-13(11-12)22(24)25/h4-11H,1-3H3/b10-7+,20-19?. The van der Waals surface area contributed by atoms with E-state index in [1.165, 1.54) is 35.6 Å². The molecule has 3 aromatic rings. The fraction of sp³-hybridized carbons (Fsp3) is 0.158. The molecule has 3 rings (SSSR count). The monoisotopic (exact) mass is 399 g/mol. The Labute approximate surface area is 164 Å². The van der Waals surface area contributed by atoms with Crippen molar-refractivity contribution in [1.82, 2.24) is 4.57 Å². The third-order valence-corrected chi connectivity index (χ3v) is 5.17. The van der Waals surface area contributed by atoms with Gasteiger partial charge in [-0.25, -0.2) is 0 Å². The number of hydrogen-bond donors (Lipinski definition) is 0. The van der Waals surface area contributed by atoms with Crippen molar-refractivity contribution < 1.29 is 19.2 Å². The number of fused-ring (bicyclic) bond motifs is 1. The minimum atomic E-state index is -0.485. The smallest absolute Gasteiger partial charge is 0.272 e. The summed E-state index contributed by atoms with van der Waals surface area (Å²) in [4.78, 5) is 27.2. The van der Waals surface area contributed by atoms with E-state index in [9.17, 15) is 14.9 Å². The number of nitro groups is 1. The van der Waals surface area contributed by atoms with Gasteiger partial charge in [0.2, 0.25) is 0 Å². The lowest BCUT2D eigenvalue weighted by Crippen LogP contribution is -2.12. The van der Waals surface area contributed by atoms with Crippen LogP contribution < -0.4 is 14.3 Å². The molecule has 0 fully saturated rings. The van der Waals surface area contributed by atoms with Crippen LogP contribution >= 0.6 is 11.3 Å². The molecule has 0 bridgehead atoms. The Hall–Kier alpha value is -3.46. The second kappa shape index (κ2) is 8.05. The SMILES string of the molecule is COc1ccc(OC)c2c1sc(=NC(=O)/C=C/c1cccc([N+](=O)[O-])c1)n2C. The Morgan fingerprint density at radius 2 is 1.93 bits per heavy atom. The van der Waals surface area contributed by atoms with Crippen LogP contribution in [0.3, 0.4) is 0 Å². The molecule has 1 aromatic heterocycles. The van der Waals surface area contributed by atoms with Gasteiger partial charge in [-0.2, -0.15) is 4.99 Å². The Balaban J connectivity index is 1.98. The van der Waals surface area contributed by atoms with Gasteiger partial charge >= 0.3 is 0 Å². The van der Waals surface area contributed by atoms with Crippen LogP contribution in [0.2, 0.25) is 0 Å². The van der Waals surface area contributed by atoms with Crippen LogP contribution in [-0.4, -0.2) is 29.6 Å². The van der Waals surface area contributed by atoms with Gasteiger partial charge in [0.1, 0.15) is 21.7 Å². The van der Waals surface area contributed by atoms with Crippen molar-refractivity contribution in [2.45, 2.75) is 0 Å². The number of carbonyl (C=O) groups excluding carboxylic acids is 1. The number of hydrogen-bond acceptors (Lipinski definition) is 6. The summed E-state index contributed by atoms with van der Waals surface area (Å²) < 4.78 is 13.4. The first kappa shape index (κ1) is 19.3. The molecular formula is C19H17N3O5S. The van der Waals surface area contributed by atoms with Gasteiger partial charge in [-0.3, -0.25) is 14.9 Å². The number of aromatic nitrogens is 1. The van der Waals surface area contributed by atoms with Crippen LogP contribution in [0.5, 0.6) is 11.5 Å². The highest BCUT2D eigenvalue weighted by Gasteiger charge is 2.14. The average Bonchev–Trinajstić information content (AvgIpc) is 3.02. The summed E-state index contributed by atoms with van der Waals surface area (Å²) in [5.41, 5.74) is 1.28. The third kappa shape index (κ3) is 3.79. The number of rotatable bonds is 5. The third-order valence-electron chi connectivity index (χ3n) is 4.02. The number of ether oxygens (including phenoxy) is 2. The number of methoxy groups -OCH3 is 2. The van der Waals surface area contributed by atoms with Gasteiger partial charge in [-0.1, -0.05) is 23.5 Å². The summed E-state index contributed by atoms with van der Waals surface area (Å²) in [7, 11) is 4.94.